The second kappa shape index (κ2) is 11.3. The lowest BCUT2D eigenvalue weighted by molar-refractivity contribution is 0.414. The molecule has 5 rings (SSSR count). The van der Waals surface area contributed by atoms with E-state index in [1.807, 2.05) is 84.9 Å². The average Bonchev–Trinajstić information content (AvgIpc) is 3.22. The first-order valence-electron chi connectivity index (χ1n) is 12.1. The molecule has 0 bridgehead atoms. The van der Waals surface area contributed by atoms with Gasteiger partial charge in [0.2, 0.25) is 17.8 Å². The highest BCUT2D eigenvalue weighted by atomic mass is 16.5. The van der Waals surface area contributed by atoms with Crippen molar-refractivity contribution >= 4 is 35.4 Å². The van der Waals surface area contributed by atoms with Crippen LogP contribution in [0.2, 0.25) is 0 Å². The van der Waals surface area contributed by atoms with Crippen molar-refractivity contribution < 1.29 is 4.74 Å². The summed E-state index contributed by atoms with van der Waals surface area (Å²) in [5, 5.41) is 10.9. The van der Waals surface area contributed by atoms with Gasteiger partial charge >= 0.3 is 0 Å². The summed E-state index contributed by atoms with van der Waals surface area (Å²) < 4.78 is 7.46. The molecule has 0 aliphatic carbocycles. The first-order valence-corrected chi connectivity index (χ1v) is 12.1. The molecule has 3 N–H and O–H groups in total. The summed E-state index contributed by atoms with van der Waals surface area (Å²) in [4.78, 5) is 13.5. The monoisotopic (exact) mass is 504 g/mol. The van der Waals surface area contributed by atoms with Gasteiger partial charge in [0.1, 0.15) is 5.75 Å². The summed E-state index contributed by atoms with van der Waals surface area (Å²) >= 11 is 0. The topological polar surface area (TPSA) is 101 Å². The van der Waals surface area contributed by atoms with E-state index >= 15 is 0 Å². The fourth-order valence-electron chi connectivity index (χ4n) is 4.05. The summed E-state index contributed by atoms with van der Waals surface area (Å²) in [5.74, 6) is 1.90. The normalized spacial score (nSPS) is 10.9. The highest BCUT2D eigenvalue weighted by molar-refractivity contribution is 5.82. The molecule has 0 unspecified atom stereocenters. The maximum absolute atomic E-state index is 5.29. The second-order valence-corrected chi connectivity index (χ2v) is 8.52. The molecule has 0 fully saturated rings. The number of anilines is 5. The van der Waals surface area contributed by atoms with Crippen molar-refractivity contribution in [2.45, 2.75) is 13.8 Å². The molecule has 0 saturated heterocycles. The zero-order valence-electron chi connectivity index (χ0n) is 21.4. The fourth-order valence-corrected chi connectivity index (χ4v) is 4.05. The van der Waals surface area contributed by atoms with Crippen LogP contribution >= 0.6 is 0 Å². The largest absolute Gasteiger partial charge is 0.497 e. The van der Waals surface area contributed by atoms with E-state index in [0.29, 0.717) is 17.8 Å². The number of hydrogen-bond acceptors (Lipinski definition) is 8. The highest BCUT2D eigenvalue weighted by Crippen LogP contribution is 2.22. The van der Waals surface area contributed by atoms with Gasteiger partial charge in [-0.25, -0.2) is 5.43 Å². The van der Waals surface area contributed by atoms with E-state index in [1.165, 1.54) is 0 Å². The van der Waals surface area contributed by atoms with Gasteiger partial charge in [0, 0.05) is 34.0 Å². The smallest absolute Gasteiger partial charge is 0.250 e. The molecule has 0 aliphatic heterocycles. The highest BCUT2D eigenvalue weighted by Gasteiger charge is 2.11. The summed E-state index contributed by atoms with van der Waals surface area (Å²) in [7, 11) is 1.66. The number of aryl methyl sites for hydroxylation is 1. The van der Waals surface area contributed by atoms with E-state index in [9.17, 15) is 0 Å². The molecule has 0 spiro atoms. The van der Waals surface area contributed by atoms with Crippen LogP contribution in [0, 0.1) is 13.8 Å². The minimum absolute atomic E-state index is 0.303. The van der Waals surface area contributed by atoms with Gasteiger partial charge in [-0.3, -0.25) is 0 Å². The molecule has 3 aromatic carbocycles. The Kier molecular flexibility index (Phi) is 7.26. The summed E-state index contributed by atoms with van der Waals surface area (Å²) in [5.41, 5.74) is 8.88. The first kappa shape index (κ1) is 24.5. The van der Waals surface area contributed by atoms with E-state index in [-0.39, 0.29) is 0 Å². The first-order chi connectivity index (χ1) is 18.6. The van der Waals surface area contributed by atoms with Gasteiger partial charge in [0.05, 0.1) is 13.3 Å². The maximum Gasteiger partial charge on any atom is 0.250 e. The molecule has 0 atom stereocenters. The minimum Gasteiger partial charge on any atom is -0.497 e. The van der Waals surface area contributed by atoms with Crippen LogP contribution in [0.5, 0.6) is 5.75 Å². The fraction of sp³-hybridized carbons (Fsp3) is 0.103. The number of ether oxygens (including phenoxy) is 1. The molecule has 38 heavy (non-hydrogen) atoms. The summed E-state index contributed by atoms with van der Waals surface area (Å²) in [6.45, 7) is 4.13. The Labute approximate surface area is 221 Å². The van der Waals surface area contributed by atoms with E-state index in [4.69, 9.17) is 4.74 Å². The number of methoxy groups -OCH3 is 1. The molecule has 0 amide bonds. The summed E-state index contributed by atoms with van der Waals surface area (Å²) in [6.07, 6.45) is 1.76. The van der Waals surface area contributed by atoms with Gasteiger partial charge in [0.25, 0.3) is 0 Å². The van der Waals surface area contributed by atoms with Crippen molar-refractivity contribution in [2.75, 3.05) is 23.2 Å². The third-order valence-corrected chi connectivity index (χ3v) is 5.86. The SMILES string of the molecule is COc1ccc(-n2c(C)cc(/C=N/Nc3nc(Nc4ccccc4)nc(Nc4ccccc4)n3)c2C)cc1. The number of nitrogens with one attached hydrogen (secondary N) is 3. The van der Waals surface area contributed by atoms with Crippen molar-refractivity contribution in [1.29, 1.82) is 0 Å². The molecular weight excluding hydrogens is 476 g/mol. The summed E-state index contributed by atoms with van der Waals surface area (Å²) in [6, 6.07) is 29.5. The van der Waals surface area contributed by atoms with Crippen molar-refractivity contribution in [2.24, 2.45) is 5.10 Å². The predicted octanol–water partition coefficient (Wildman–Crippen LogP) is 6.22. The lowest BCUT2D eigenvalue weighted by Crippen LogP contribution is -2.07. The molecule has 9 nitrogen and oxygen atoms in total. The van der Waals surface area contributed by atoms with E-state index in [2.05, 4.69) is 60.6 Å². The quantitative estimate of drug-likeness (QED) is 0.162. The van der Waals surface area contributed by atoms with Crippen LogP contribution < -0.4 is 20.8 Å². The van der Waals surface area contributed by atoms with Gasteiger partial charge in [-0.05, 0) is 68.4 Å². The number of hydrogen-bond donors (Lipinski definition) is 3. The second-order valence-electron chi connectivity index (χ2n) is 8.52. The van der Waals surface area contributed by atoms with Crippen LogP contribution in [0.15, 0.2) is 96.1 Å². The van der Waals surface area contributed by atoms with Crippen molar-refractivity contribution in [1.82, 2.24) is 19.5 Å². The molecule has 2 aromatic heterocycles. The number of nitrogens with zero attached hydrogens (tertiary/aromatic N) is 5. The lowest BCUT2D eigenvalue weighted by atomic mass is 10.2. The number of benzene rings is 3. The Hall–Kier alpha value is -5.18. The van der Waals surface area contributed by atoms with Crippen LogP contribution in [0.1, 0.15) is 17.0 Å². The van der Waals surface area contributed by atoms with Gasteiger partial charge in [-0.2, -0.15) is 20.1 Å². The Morgan fingerprint density at radius 1 is 0.737 bits per heavy atom. The molecule has 9 heteroatoms. The van der Waals surface area contributed by atoms with Crippen LogP contribution in [0.4, 0.5) is 29.2 Å². The van der Waals surface area contributed by atoms with Crippen molar-refractivity contribution in [3.05, 3.63) is 108 Å². The van der Waals surface area contributed by atoms with Gasteiger partial charge in [0.15, 0.2) is 0 Å². The minimum atomic E-state index is 0.303. The van der Waals surface area contributed by atoms with Crippen LogP contribution in [0.3, 0.4) is 0 Å². The van der Waals surface area contributed by atoms with Crippen LogP contribution in [-0.2, 0) is 0 Å². The van der Waals surface area contributed by atoms with Gasteiger partial charge < -0.3 is 19.9 Å². The number of para-hydroxylation sites is 2. The Morgan fingerprint density at radius 2 is 1.29 bits per heavy atom. The third-order valence-electron chi connectivity index (χ3n) is 5.86. The standard InChI is InChI=1S/C29H28N8O/c1-20-18-22(21(2)37(20)25-14-16-26(38-3)17-15-25)19-30-36-29-34-27(31-23-10-6-4-7-11-23)33-28(35-29)32-24-12-8-5-9-13-24/h4-19H,1-3H3,(H3,31,32,33,34,35,36)/b30-19+. The number of aromatic nitrogens is 4. The molecule has 0 aliphatic rings. The lowest BCUT2D eigenvalue weighted by Gasteiger charge is -2.10. The average molecular weight is 505 g/mol. The van der Waals surface area contributed by atoms with Gasteiger partial charge in [-0.15, -0.1) is 0 Å². The van der Waals surface area contributed by atoms with Gasteiger partial charge in [-0.1, -0.05) is 36.4 Å². The van der Waals surface area contributed by atoms with E-state index in [0.717, 1.165) is 39.8 Å². The maximum atomic E-state index is 5.29. The molecular formula is C29H28N8O. The molecule has 0 saturated carbocycles. The Bertz CT molecular complexity index is 1470. The van der Waals surface area contributed by atoms with Crippen molar-refractivity contribution in [3.8, 4) is 11.4 Å². The zero-order chi connectivity index (χ0) is 26.3. The number of rotatable bonds is 9. The molecule has 2 heterocycles. The van der Waals surface area contributed by atoms with Crippen LogP contribution in [0.25, 0.3) is 5.69 Å². The predicted molar refractivity (Wildman–Crippen MR) is 152 cm³/mol. The molecule has 5 aromatic rings. The number of hydrazone groups is 1. The van der Waals surface area contributed by atoms with E-state index < -0.39 is 0 Å². The Morgan fingerprint density at radius 3 is 1.84 bits per heavy atom. The van der Waals surface area contributed by atoms with E-state index in [1.54, 1.807) is 13.3 Å². The zero-order valence-corrected chi connectivity index (χ0v) is 21.4. The molecule has 0 radical (unpaired) electrons. The van der Waals surface area contributed by atoms with Crippen LogP contribution in [-0.4, -0.2) is 32.8 Å². The van der Waals surface area contributed by atoms with Crippen molar-refractivity contribution in [3.63, 3.8) is 0 Å². The molecule has 190 valence electrons. The Balaban J connectivity index is 1.38. The third kappa shape index (κ3) is 5.79.